The van der Waals surface area contributed by atoms with E-state index in [9.17, 15) is 0 Å². The maximum Gasteiger partial charge on any atom is 0.215 e. The molecule has 1 fully saturated rings. The average molecular weight is 206 g/mol. The minimum atomic E-state index is 0.373. The summed E-state index contributed by atoms with van der Waals surface area (Å²) in [5.41, 5.74) is 0. The topological polar surface area (TPSA) is 34.1 Å². The van der Waals surface area contributed by atoms with E-state index in [1.54, 1.807) is 0 Å². The Morgan fingerprint density at radius 3 is 2.80 bits per heavy atom. The molecule has 1 aromatic rings. The van der Waals surface area contributed by atoms with Gasteiger partial charge in [-0.05, 0) is 31.7 Å². The van der Waals surface area contributed by atoms with Gasteiger partial charge in [0.25, 0.3) is 0 Å². The van der Waals surface area contributed by atoms with Gasteiger partial charge in [-0.15, -0.1) is 0 Å². The number of ether oxygens (including phenoxy) is 1. The van der Waals surface area contributed by atoms with E-state index in [4.69, 9.17) is 4.74 Å². The Morgan fingerprint density at radius 1 is 1.27 bits per heavy atom. The Balaban J connectivity index is 1.96. The fraction of sp³-hybridized carbons (Fsp3) is 0.583. The standard InChI is InChI=1S/C12H18N2O/c1-13-11-8-5-9-12(14-11)15-10-6-3-2-4-7-10/h5,8-10H,2-4,6-7H2,1H3,(H,13,14). The Labute approximate surface area is 90.9 Å². The highest BCUT2D eigenvalue weighted by Crippen LogP contribution is 2.22. The van der Waals surface area contributed by atoms with Crippen LogP contribution in [0.1, 0.15) is 32.1 Å². The quantitative estimate of drug-likeness (QED) is 0.825. The molecule has 3 heteroatoms. The van der Waals surface area contributed by atoms with Crippen molar-refractivity contribution in [2.24, 2.45) is 0 Å². The molecule has 0 saturated heterocycles. The zero-order valence-corrected chi connectivity index (χ0v) is 9.20. The van der Waals surface area contributed by atoms with Crippen molar-refractivity contribution in [3.63, 3.8) is 0 Å². The van der Waals surface area contributed by atoms with E-state index in [0.29, 0.717) is 6.10 Å². The van der Waals surface area contributed by atoms with Gasteiger partial charge in [0.15, 0.2) is 0 Å². The van der Waals surface area contributed by atoms with Gasteiger partial charge in [0.05, 0.1) is 0 Å². The SMILES string of the molecule is CNc1cccc(OC2CCCCC2)n1. The van der Waals surface area contributed by atoms with Crippen LogP contribution in [0.25, 0.3) is 0 Å². The summed E-state index contributed by atoms with van der Waals surface area (Å²) in [6.07, 6.45) is 6.64. The van der Waals surface area contributed by atoms with Gasteiger partial charge in [-0.25, -0.2) is 0 Å². The molecular weight excluding hydrogens is 188 g/mol. The average Bonchev–Trinajstić information content (AvgIpc) is 2.31. The van der Waals surface area contributed by atoms with Crippen molar-refractivity contribution in [2.45, 2.75) is 38.2 Å². The molecule has 1 N–H and O–H groups in total. The molecule has 0 amide bonds. The second-order valence-corrected chi connectivity index (χ2v) is 3.99. The van der Waals surface area contributed by atoms with Gasteiger partial charge >= 0.3 is 0 Å². The van der Waals surface area contributed by atoms with Crippen LogP contribution in [0.3, 0.4) is 0 Å². The molecule has 0 bridgehead atoms. The highest BCUT2D eigenvalue weighted by molar-refractivity contribution is 5.36. The number of nitrogens with zero attached hydrogens (tertiary/aromatic N) is 1. The Bertz CT molecular complexity index is 308. The van der Waals surface area contributed by atoms with E-state index in [1.807, 2.05) is 25.2 Å². The molecule has 0 radical (unpaired) electrons. The summed E-state index contributed by atoms with van der Waals surface area (Å²) in [5, 5.41) is 3.01. The highest BCUT2D eigenvalue weighted by Gasteiger charge is 2.15. The first-order valence-electron chi connectivity index (χ1n) is 5.70. The molecule has 15 heavy (non-hydrogen) atoms. The lowest BCUT2D eigenvalue weighted by Crippen LogP contribution is -2.20. The smallest absolute Gasteiger partial charge is 0.215 e. The van der Waals surface area contributed by atoms with Crippen LogP contribution in [0.2, 0.25) is 0 Å². The summed E-state index contributed by atoms with van der Waals surface area (Å²) in [7, 11) is 1.87. The zero-order chi connectivity index (χ0) is 10.5. The first-order valence-corrected chi connectivity index (χ1v) is 5.70. The fourth-order valence-corrected chi connectivity index (χ4v) is 1.97. The third-order valence-electron chi connectivity index (χ3n) is 2.82. The monoisotopic (exact) mass is 206 g/mol. The maximum absolute atomic E-state index is 5.85. The molecule has 1 aromatic heterocycles. The molecule has 1 aliphatic rings. The molecule has 0 unspecified atom stereocenters. The summed E-state index contributed by atoms with van der Waals surface area (Å²) in [4.78, 5) is 4.35. The second kappa shape index (κ2) is 5.01. The van der Waals surface area contributed by atoms with E-state index >= 15 is 0 Å². The number of rotatable bonds is 3. The van der Waals surface area contributed by atoms with Gasteiger partial charge in [0, 0.05) is 13.1 Å². The number of pyridine rings is 1. The molecule has 3 nitrogen and oxygen atoms in total. The van der Waals surface area contributed by atoms with E-state index < -0.39 is 0 Å². The minimum absolute atomic E-state index is 0.373. The number of aromatic nitrogens is 1. The summed E-state index contributed by atoms with van der Waals surface area (Å²) >= 11 is 0. The molecule has 0 spiro atoms. The highest BCUT2D eigenvalue weighted by atomic mass is 16.5. The van der Waals surface area contributed by atoms with Gasteiger partial charge in [0.1, 0.15) is 11.9 Å². The normalized spacial score (nSPS) is 17.4. The number of hydrogen-bond donors (Lipinski definition) is 1. The Hall–Kier alpha value is -1.25. The number of anilines is 1. The number of hydrogen-bond acceptors (Lipinski definition) is 3. The third-order valence-corrected chi connectivity index (χ3v) is 2.82. The van der Waals surface area contributed by atoms with Crippen molar-refractivity contribution in [2.75, 3.05) is 12.4 Å². The van der Waals surface area contributed by atoms with Crippen LogP contribution in [0, 0.1) is 0 Å². The fourth-order valence-electron chi connectivity index (χ4n) is 1.97. The molecule has 0 atom stereocenters. The summed E-state index contributed by atoms with van der Waals surface area (Å²) in [5.74, 6) is 1.61. The predicted molar refractivity (Wildman–Crippen MR) is 61.3 cm³/mol. The van der Waals surface area contributed by atoms with E-state index in [1.165, 1.54) is 32.1 Å². The van der Waals surface area contributed by atoms with Crippen molar-refractivity contribution in [1.29, 1.82) is 0 Å². The number of nitrogens with one attached hydrogen (secondary N) is 1. The zero-order valence-electron chi connectivity index (χ0n) is 9.20. The van der Waals surface area contributed by atoms with Crippen LogP contribution in [-0.4, -0.2) is 18.1 Å². The molecule has 0 aromatic carbocycles. The van der Waals surface area contributed by atoms with Crippen LogP contribution in [0.4, 0.5) is 5.82 Å². The minimum Gasteiger partial charge on any atom is -0.474 e. The maximum atomic E-state index is 5.85. The summed E-state index contributed by atoms with van der Waals surface area (Å²) in [6.45, 7) is 0. The molecule has 1 aliphatic carbocycles. The van der Waals surface area contributed by atoms with E-state index in [2.05, 4.69) is 10.3 Å². The molecule has 2 rings (SSSR count). The van der Waals surface area contributed by atoms with Gasteiger partial charge in [-0.2, -0.15) is 4.98 Å². The first-order chi connectivity index (χ1) is 7.38. The van der Waals surface area contributed by atoms with Crippen LogP contribution >= 0.6 is 0 Å². The van der Waals surface area contributed by atoms with Crippen LogP contribution in [0.15, 0.2) is 18.2 Å². The van der Waals surface area contributed by atoms with Crippen molar-refractivity contribution >= 4 is 5.82 Å². The van der Waals surface area contributed by atoms with Crippen LogP contribution in [-0.2, 0) is 0 Å². The van der Waals surface area contributed by atoms with Crippen molar-refractivity contribution in [3.05, 3.63) is 18.2 Å². The Kier molecular flexibility index (Phi) is 3.43. The van der Waals surface area contributed by atoms with Gasteiger partial charge in [0.2, 0.25) is 5.88 Å². The molecule has 0 aliphatic heterocycles. The largest absolute Gasteiger partial charge is 0.474 e. The van der Waals surface area contributed by atoms with Crippen LogP contribution < -0.4 is 10.1 Å². The Morgan fingerprint density at radius 2 is 2.07 bits per heavy atom. The van der Waals surface area contributed by atoms with Crippen LogP contribution in [0.5, 0.6) is 5.88 Å². The van der Waals surface area contributed by atoms with Gasteiger partial charge in [-0.3, -0.25) is 0 Å². The van der Waals surface area contributed by atoms with Crippen molar-refractivity contribution in [3.8, 4) is 5.88 Å². The van der Waals surface area contributed by atoms with E-state index in [-0.39, 0.29) is 0 Å². The first kappa shape index (κ1) is 10.3. The lowest BCUT2D eigenvalue weighted by Gasteiger charge is -2.22. The lowest BCUT2D eigenvalue weighted by molar-refractivity contribution is 0.149. The van der Waals surface area contributed by atoms with Gasteiger partial charge < -0.3 is 10.1 Å². The second-order valence-electron chi connectivity index (χ2n) is 3.99. The molecule has 82 valence electrons. The molecular formula is C12H18N2O. The van der Waals surface area contributed by atoms with Crippen molar-refractivity contribution < 1.29 is 4.74 Å². The summed E-state index contributed by atoms with van der Waals surface area (Å²) < 4.78 is 5.85. The third kappa shape index (κ3) is 2.85. The summed E-state index contributed by atoms with van der Waals surface area (Å²) in [6, 6.07) is 5.83. The predicted octanol–water partition coefficient (Wildman–Crippen LogP) is 2.83. The van der Waals surface area contributed by atoms with Gasteiger partial charge in [-0.1, -0.05) is 12.5 Å². The van der Waals surface area contributed by atoms with Crippen molar-refractivity contribution in [1.82, 2.24) is 4.98 Å². The molecule has 1 saturated carbocycles. The molecule has 1 heterocycles. The van der Waals surface area contributed by atoms with E-state index in [0.717, 1.165) is 11.7 Å². The lowest BCUT2D eigenvalue weighted by atomic mass is 9.98.